The summed E-state index contributed by atoms with van der Waals surface area (Å²) in [4.78, 5) is 11.5. The number of benzene rings is 1. The van der Waals surface area contributed by atoms with E-state index in [1.54, 1.807) is 12.1 Å². The van der Waals surface area contributed by atoms with Crippen molar-refractivity contribution in [3.05, 3.63) is 35.4 Å². The molecule has 1 aromatic rings. The van der Waals surface area contributed by atoms with Crippen LogP contribution < -0.4 is 5.32 Å². The third-order valence-electron chi connectivity index (χ3n) is 2.74. The molecule has 1 N–H and O–H groups in total. The summed E-state index contributed by atoms with van der Waals surface area (Å²) in [6, 6.07) is 9.67. The molecule has 1 amide bonds. The molecule has 3 nitrogen and oxygen atoms in total. The first kappa shape index (κ1) is 13.2. The molecule has 17 heavy (non-hydrogen) atoms. The Morgan fingerprint density at radius 1 is 1.41 bits per heavy atom. The molecule has 0 aliphatic carbocycles. The fourth-order valence-electron chi connectivity index (χ4n) is 1.45. The lowest BCUT2D eigenvalue weighted by Gasteiger charge is -2.11. The number of nitriles is 1. The van der Waals surface area contributed by atoms with Crippen molar-refractivity contribution >= 4 is 5.91 Å². The quantitative estimate of drug-likeness (QED) is 0.844. The van der Waals surface area contributed by atoms with Crippen LogP contribution in [0.15, 0.2) is 24.3 Å². The van der Waals surface area contributed by atoms with E-state index in [4.69, 9.17) is 5.26 Å². The second-order valence-electron chi connectivity index (χ2n) is 4.19. The van der Waals surface area contributed by atoms with Crippen LogP contribution in [0.4, 0.5) is 0 Å². The summed E-state index contributed by atoms with van der Waals surface area (Å²) in [7, 11) is 0. The van der Waals surface area contributed by atoms with Gasteiger partial charge in [0.05, 0.1) is 11.6 Å². The van der Waals surface area contributed by atoms with Crippen LogP contribution >= 0.6 is 0 Å². The number of amides is 1. The Balaban J connectivity index is 2.40. The minimum Gasteiger partial charge on any atom is -0.354 e. The summed E-state index contributed by atoms with van der Waals surface area (Å²) in [5, 5.41) is 11.6. The summed E-state index contributed by atoms with van der Waals surface area (Å²) in [5.41, 5.74) is 1.74. The molecule has 0 radical (unpaired) electrons. The van der Waals surface area contributed by atoms with Crippen molar-refractivity contribution in [2.75, 3.05) is 0 Å². The predicted molar refractivity (Wildman–Crippen MR) is 67.4 cm³/mol. The van der Waals surface area contributed by atoms with Crippen LogP contribution in [-0.2, 0) is 11.2 Å². The molecule has 1 aromatic carbocycles. The van der Waals surface area contributed by atoms with Gasteiger partial charge in [0.25, 0.3) is 0 Å². The Morgan fingerprint density at radius 2 is 2.06 bits per heavy atom. The fraction of sp³-hybridized carbons (Fsp3) is 0.429. The van der Waals surface area contributed by atoms with Gasteiger partial charge in [-0.25, -0.2) is 0 Å². The summed E-state index contributed by atoms with van der Waals surface area (Å²) in [5.74, 6) is 0.0868. The van der Waals surface area contributed by atoms with Gasteiger partial charge in [0.2, 0.25) is 5.91 Å². The van der Waals surface area contributed by atoms with E-state index in [-0.39, 0.29) is 11.9 Å². The second-order valence-corrected chi connectivity index (χ2v) is 4.19. The molecule has 0 saturated carbocycles. The molecule has 0 aliphatic rings. The Bertz CT molecular complexity index is 403. The molecule has 0 spiro atoms. The maximum absolute atomic E-state index is 11.5. The largest absolute Gasteiger partial charge is 0.354 e. The van der Waals surface area contributed by atoms with E-state index in [1.807, 2.05) is 26.0 Å². The average molecular weight is 230 g/mol. The first-order valence-corrected chi connectivity index (χ1v) is 5.94. The average Bonchev–Trinajstić information content (AvgIpc) is 2.36. The van der Waals surface area contributed by atoms with Crippen LogP contribution in [0.2, 0.25) is 0 Å². The smallest absolute Gasteiger partial charge is 0.220 e. The van der Waals surface area contributed by atoms with E-state index in [1.165, 1.54) is 0 Å². The van der Waals surface area contributed by atoms with Gasteiger partial charge in [0.15, 0.2) is 0 Å². The van der Waals surface area contributed by atoms with Crippen molar-refractivity contribution in [1.82, 2.24) is 5.32 Å². The van der Waals surface area contributed by atoms with Crippen LogP contribution in [0, 0.1) is 11.3 Å². The van der Waals surface area contributed by atoms with E-state index < -0.39 is 0 Å². The molecule has 90 valence electrons. The minimum absolute atomic E-state index is 0.0868. The number of nitrogens with one attached hydrogen (secondary N) is 1. The molecule has 0 aromatic heterocycles. The number of aryl methyl sites for hydroxylation is 1. The van der Waals surface area contributed by atoms with Gasteiger partial charge in [-0.2, -0.15) is 5.26 Å². The van der Waals surface area contributed by atoms with Crippen molar-refractivity contribution in [2.45, 2.75) is 39.2 Å². The zero-order valence-corrected chi connectivity index (χ0v) is 10.4. The number of rotatable bonds is 5. The Hall–Kier alpha value is -1.82. The lowest BCUT2D eigenvalue weighted by molar-refractivity contribution is -0.121. The lowest BCUT2D eigenvalue weighted by Crippen LogP contribution is -2.31. The number of hydrogen-bond acceptors (Lipinski definition) is 2. The van der Waals surface area contributed by atoms with Gasteiger partial charge in [0.1, 0.15) is 0 Å². The second kappa shape index (κ2) is 6.70. The van der Waals surface area contributed by atoms with E-state index in [0.717, 1.165) is 12.0 Å². The van der Waals surface area contributed by atoms with Crippen LogP contribution in [0.1, 0.15) is 37.8 Å². The summed E-state index contributed by atoms with van der Waals surface area (Å²) < 4.78 is 0. The predicted octanol–water partition coefficient (Wildman–Crippen LogP) is 2.41. The van der Waals surface area contributed by atoms with Gasteiger partial charge < -0.3 is 5.32 Å². The monoisotopic (exact) mass is 230 g/mol. The van der Waals surface area contributed by atoms with Crippen molar-refractivity contribution in [3.63, 3.8) is 0 Å². The number of nitrogens with zero attached hydrogens (tertiary/aromatic N) is 1. The van der Waals surface area contributed by atoms with E-state index in [0.29, 0.717) is 18.4 Å². The third kappa shape index (κ3) is 4.69. The van der Waals surface area contributed by atoms with Crippen molar-refractivity contribution < 1.29 is 4.79 Å². The maximum Gasteiger partial charge on any atom is 0.220 e. The van der Waals surface area contributed by atoms with Crippen LogP contribution in [0.5, 0.6) is 0 Å². The van der Waals surface area contributed by atoms with Gasteiger partial charge in [-0.15, -0.1) is 0 Å². The van der Waals surface area contributed by atoms with Gasteiger partial charge in [-0.05, 0) is 37.5 Å². The molecular weight excluding hydrogens is 212 g/mol. The Morgan fingerprint density at radius 3 is 2.59 bits per heavy atom. The molecule has 0 heterocycles. The molecule has 1 rings (SSSR count). The number of carbonyl (C=O) groups excluding carboxylic acids is 1. The summed E-state index contributed by atoms with van der Waals surface area (Å²) in [6.07, 6.45) is 2.16. The maximum atomic E-state index is 11.5. The SMILES string of the molecule is CC[C@H](C)NC(=O)CCc1ccc(C#N)cc1. The molecule has 0 saturated heterocycles. The molecule has 1 atom stereocenters. The summed E-state index contributed by atoms with van der Waals surface area (Å²) in [6.45, 7) is 4.05. The Labute approximate surface area is 102 Å². The van der Waals surface area contributed by atoms with Crippen LogP contribution in [0.3, 0.4) is 0 Å². The first-order valence-electron chi connectivity index (χ1n) is 5.94. The zero-order chi connectivity index (χ0) is 12.7. The standard InChI is InChI=1S/C14H18N2O/c1-3-11(2)16-14(17)9-8-12-4-6-13(10-15)7-5-12/h4-7,11H,3,8-9H2,1-2H3,(H,16,17)/t11-/m0/s1. The highest BCUT2D eigenvalue weighted by Crippen LogP contribution is 2.06. The molecule has 0 fully saturated rings. The van der Waals surface area contributed by atoms with Gasteiger partial charge in [-0.1, -0.05) is 19.1 Å². The normalized spacial score (nSPS) is 11.6. The highest BCUT2D eigenvalue weighted by atomic mass is 16.1. The number of carbonyl (C=O) groups is 1. The van der Waals surface area contributed by atoms with Crippen LogP contribution in [0.25, 0.3) is 0 Å². The number of hydrogen-bond donors (Lipinski definition) is 1. The first-order chi connectivity index (χ1) is 8.15. The fourth-order valence-corrected chi connectivity index (χ4v) is 1.45. The van der Waals surface area contributed by atoms with Gasteiger partial charge in [-0.3, -0.25) is 4.79 Å². The molecule has 0 aliphatic heterocycles. The molecule has 3 heteroatoms. The van der Waals surface area contributed by atoms with Crippen molar-refractivity contribution in [3.8, 4) is 6.07 Å². The molecular formula is C14H18N2O. The zero-order valence-electron chi connectivity index (χ0n) is 10.4. The van der Waals surface area contributed by atoms with Crippen molar-refractivity contribution in [2.24, 2.45) is 0 Å². The highest BCUT2D eigenvalue weighted by Gasteiger charge is 2.05. The van der Waals surface area contributed by atoms with E-state index in [9.17, 15) is 4.79 Å². The van der Waals surface area contributed by atoms with Gasteiger partial charge >= 0.3 is 0 Å². The topological polar surface area (TPSA) is 52.9 Å². The van der Waals surface area contributed by atoms with Crippen LogP contribution in [-0.4, -0.2) is 11.9 Å². The van der Waals surface area contributed by atoms with Crippen molar-refractivity contribution in [1.29, 1.82) is 5.26 Å². The lowest BCUT2D eigenvalue weighted by atomic mass is 10.1. The third-order valence-corrected chi connectivity index (χ3v) is 2.74. The van der Waals surface area contributed by atoms with Gasteiger partial charge in [0, 0.05) is 12.5 Å². The van der Waals surface area contributed by atoms with E-state index >= 15 is 0 Å². The summed E-state index contributed by atoms with van der Waals surface area (Å²) >= 11 is 0. The minimum atomic E-state index is 0.0868. The highest BCUT2D eigenvalue weighted by molar-refractivity contribution is 5.76. The Kier molecular flexibility index (Phi) is 5.22. The van der Waals surface area contributed by atoms with E-state index in [2.05, 4.69) is 11.4 Å². The molecule has 0 unspecified atom stereocenters. The molecule has 0 bridgehead atoms.